The largest absolute Gasteiger partial charge is 0.395 e. The summed E-state index contributed by atoms with van der Waals surface area (Å²) in [5, 5.41) is 11.1. The highest BCUT2D eigenvalue weighted by Gasteiger charge is 2.18. The Morgan fingerprint density at radius 1 is 1.29 bits per heavy atom. The number of amides is 2. The summed E-state index contributed by atoms with van der Waals surface area (Å²) in [7, 11) is 0. The van der Waals surface area contributed by atoms with Gasteiger partial charge in [-0.1, -0.05) is 31.4 Å². The smallest absolute Gasteiger partial charge is 0.322 e. The van der Waals surface area contributed by atoms with Crippen molar-refractivity contribution in [3.63, 3.8) is 0 Å². The molecule has 0 saturated carbocycles. The molecule has 0 saturated heterocycles. The summed E-state index contributed by atoms with van der Waals surface area (Å²) in [5.74, 6) is -1.88. The van der Waals surface area contributed by atoms with Crippen molar-refractivity contribution < 1.29 is 18.7 Å². The number of hydrogen-bond donors (Lipinski definition) is 2. The standard InChI is InChI=1S/C14H19ClF2N2O2/c1-2-3-4-5-19(6-7-20)14(21)18-13-11(16)8-10(15)9-12(13)17/h8-9,20H,2-7H2,1H3,(H,18,21). The van der Waals surface area contributed by atoms with E-state index < -0.39 is 23.4 Å². The van der Waals surface area contributed by atoms with Gasteiger partial charge in [-0.2, -0.15) is 0 Å². The van der Waals surface area contributed by atoms with Gasteiger partial charge in [0.05, 0.1) is 6.61 Å². The monoisotopic (exact) mass is 320 g/mol. The molecule has 0 atom stereocenters. The van der Waals surface area contributed by atoms with E-state index in [-0.39, 0.29) is 18.2 Å². The maximum Gasteiger partial charge on any atom is 0.322 e. The highest BCUT2D eigenvalue weighted by molar-refractivity contribution is 6.30. The maximum absolute atomic E-state index is 13.6. The zero-order valence-corrected chi connectivity index (χ0v) is 12.6. The van der Waals surface area contributed by atoms with E-state index in [1.807, 2.05) is 6.92 Å². The van der Waals surface area contributed by atoms with Crippen molar-refractivity contribution in [3.05, 3.63) is 28.8 Å². The Kier molecular flexibility index (Phi) is 7.39. The van der Waals surface area contributed by atoms with Crippen LogP contribution in [0.3, 0.4) is 0 Å². The van der Waals surface area contributed by atoms with Gasteiger partial charge in [-0.05, 0) is 18.6 Å². The summed E-state index contributed by atoms with van der Waals surface area (Å²) in [6, 6.07) is 1.20. The molecule has 4 nitrogen and oxygen atoms in total. The molecule has 2 N–H and O–H groups in total. The summed E-state index contributed by atoms with van der Waals surface area (Å²) in [6.45, 7) is 2.32. The second-order valence-corrected chi connectivity index (χ2v) is 5.03. The lowest BCUT2D eigenvalue weighted by molar-refractivity contribution is 0.187. The molecule has 0 fully saturated rings. The number of rotatable bonds is 7. The molecule has 0 unspecified atom stereocenters. The molecular weight excluding hydrogens is 302 g/mol. The Bertz CT molecular complexity index is 463. The Morgan fingerprint density at radius 3 is 2.43 bits per heavy atom. The number of hydrogen-bond acceptors (Lipinski definition) is 2. The summed E-state index contributed by atoms with van der Waals surface area (Å²) in [4.78, 5) is 13.3. The number of aliphatic hydroxyl groups is 1. The molecule has 1 aromatic rings. The SMILES string of the molecule is CCCCCN(CCO)C(=O)Nc1c(F)cc(Cl)cc1F. The topological polar surface area (TPSA) is 52.6 Å². The number of aliphatic hydroxyl groups excluding tert-OH is 1. The lowest BCUT2D eigenvalue weighted by Crippen LogP contribution is -2.38. The quantitative estimate of drug-likeness (QED) is 0.754. The van der Waals surface area contributed by atoms with Crippen LogP contribution in [0.15, 0.2) is 12.1 Å². The van der Waals surface area contributed by atoms with Gasteiger partial charge in [-0.15, -0.1) is 0 Å². The molecule has 0 aromatic heterocycles. The average Bonchev–Trinajstić information content (AvgIpc) is 2.41. The zero-order valence-electron chi connectivity index (χ0n) is 11.8. The van der Waals surface area contributed by atoms with Crippen LogP contribution in [0, 0.1) is 11.6 Å². The van der Waals surface area contributed by atoms with Gasteiger partial charge in [0.2, 0.25) is 0 Å². The molecule has 118 valence electrons. The van der Waals surface area contributed by atoms with Crippen LogP contribution in [0.4, 0.5) is 19.3 Å². The molecule has 0 aliphatic carbocycles. The fourth-order valence-corrected chi connectivity index (χ4v) is 2.03. The molecule has 21 heavy (non-hydrogen) atoms. The van der Waals surface area contributed by atoms with Crippen LogP contribution in [0.5, 0.6) is 0 Å². The predicted octanol–water partition coefficient (Wildman–Crippen LogP) is 3.63. The number of benzene rings is 1. The van der Waals surface area contributed by atoms with Crippen molar-refractivity contribution in [2.24, 2.45) is 0 Å². The number of carbonyl (C=O) groups is 1. The number of urea groups is 1. The lowest BCUT2D eigenvalue weighted by atomic mass is 10.2. The molecule has 2 amide bonds. The van der Waals surface area contributed by atoms with Gasteiger partial charge in [-0.25, -0.2) is 13.6 Å². The number of nitrogens with one attached hydrogen (secondary N) is 1. The van der Waals surface area contributed by atoms with Crippen molar-refractivity contribution in [3.8, 4) is 0 Å². The molecule has 0 bridgehead atoms. The minimum atomic E-state index is -0.939. The zero-order chi connectivity index (χ0) is 15.8. The van der Waals surface area contributed by atoms with Crippen LogP contribution in [-0.4, -0.2) is 35.7 Å². The van der Waals surface area contributed by atoms with Crippen LogP contribution in [0.2, 0.25) is 5.02 Å². The Morgan fingerprint density at radius 2 is 1.90 bits per heavy atom. The number of unbranched alkanes of at least 4 members (excludes halogenated alkanes) is 2. The van der Waals surface area contributed by atoms with E-state index in [0.717, 1.165) is 31.4 Å². The minimum absolute atomic E-state index is 0.0850. The van der Waals surface area contributed by atoms with Crippen molar-refractivity contribution in [1.82, 2.24) is 4.90 Å². The molecule has 1 rings (SSSR count). The van der Waals surface area contributed by atoms with E-state index >= 15 is 0 Å². The van der Waals surface area contributed by atoms with Crippen LogP contribution in [0.1, 0.15) is 26.2 Å². The van der Waals surface area contributed by atoms with Crippen molar-refractivity contribution >= 4 is 23.3 Å². The van der Waals surface area contributed by atoms with Gasteiger partial charge < -0.3 is 15.3 Å². The third kappa shape index (κ3) is 5.47. The first kappa shape index (κ1) is 17.7. The molecular formula is C14H19ClF2N2O2. The summed E-state index contributed by atoms with van der Waals surface area (Å²) >= 11 is 5.52. The molecule has 0 spiro atoms. The summed E-state index contributed by atoms with van der Waals surface area (Å²) in [5.41, 5.74) is -0.539. The summed E-state index contributed by atoms with van der Waals surface area (Å²) in [6.07, 6.45) is 2.67. The Hall–Kier alpha value is -1.40. The molecule has 0 aliphatic heterocycles. The highest BCUT2D eigenvalue weighted by Crippen LogP contribution is 2.23. The maximum atomic E-state index is 13.6. The summed E-state index contributed by atoms with van der Waals surface area (Å²) < 4.78 is 27.2. The van der Waals surface area contributed by atoms with Crippen molar-refractivity contribution in [2.75, 3.05) is 25.0 Å². The number of anilines is 1. The predicted molar refractivity (Wildman–Crippen MR) is 78.6 cm³/mol. The Labute approximate surface area is 127 Å². The fraction of sp³-hybridized carbons (Fsp3) is 0.500. The number of nitrogens with zero attached hydrogens (tertiary/aromatic N) is 1. The van der Waals surface area contributed by atoms with E-state index in [4.69, 9.17) is 16.7 Å². The second kappa shape index (κ2) is 8.79. The van der Waals surface area contributed by atoms with E-state index in [9.17, 15) is 13.6 Å². The highest BCUT2D eigenvalue weighted by atomic mass is 35.5. The molecule has 0 radical (unpaired) electrons. The molecule has 1 aromatic carbocycles. The first-order valence-electron chi connectivity index (χ1n) is 6.81. The Balaban J connectivity index is 2.76. The van der Waals surface area contributed by atoms with Gasteiger partial charge >= 0.3 is 6.03 Å². The van der Waals surface area contributed by atoms with Gasteiger partial charge in [-0.3, -0.25) is 0 Å². The first-order chi connectivity index (χ1) is 9.99. The minimum Gasteiger partial charge on any atom is -0.395 e. The van der Waals surface area contributed by atoms with Gasteiger partial charge in [0.1, 0.15) is 5.69 Å². The third-order valence-corrected chi connectivity index (χ3v) is 3.15. The fourth-order valence-electron chi connectivity index (χ4n) is 1.84. The lowest BCUT2D eigenvalue weighted by Gasteiger charge is -2.22. The van der Waals surface area contributed by atoms with Gasteiger partial charge in [0.25, 0.3) is 0 Å². The van der Waals surface area contributed by atoms with E-state index in [2.05, 4.69) is 5.32 Å². The average molecular weight is 321 g/mol. The van der Waals surface area contributed by atoms with E-state index in [0.29, 0.717) is 6.54 Å². The molecule has 7 heteroatoms. The molecule has 0 heterocycles. The number of carbonyl (C=O) groups excluding carboxylic acids is 1. The second-order valence-electron chi connectivity index (χ2n) is 4.59. The first-order valence-corrected chi connectivity index (χ1v) is 7.18. The third-order valence-electron chi connectivity index (χ3n) is 2.93. The van der Waals surface area contributed by atoms with Crippen LogP contribution >= 0.6 is 11.6 Å². The van der Waals surface area contributed by atoms with Gasteiger partial charge in [0, 0.05) is 18.1 Å². The van der Waals surface area contributed by atoms with E-state index in [1.165, 1.54) is 4.90 Å². The van der Waals surface area contributed by atoms with Gasteiger partial charge in [0.15, 0.2) is 11.6 Å². The normalized spacial score (nSPS) is 10.5. The van der Waals surface area contributed by atoms with Crippen LogP contribution in [-0.2, 0) is 0 Å². The van der Waals surface area contributed by atoms with Crippen molar-refractivity contribution in [1.29, 1.82) is 0 Å². The van der Waals surface area contributed by atoms with E-state index in [1.54, 1.807) is 0 Å². The van der Waals surface area contributed by atoms with Crippen LogP contribution in [0.25, 0.3) is 0 Å². The van der Waals surface area contributed by atoms with Crippen molar-refractivity contribution in [2.45, 2.75) is 26.2 Å². The number of halogens is 3. The van der Waals surface area contributed by atoms with Crippen LogP contribution < -0.4 is 5.32 Å². The molecule has 0 aliphatic rings.